The predicted octanol–water partition coefficient (Wildman–Crippen LogP) is 1.97. The molecule has 1 fully saturated rings. The highest BCUT2D eigenvalue weighted by atomic mass is 35.5. The van der Waals surface area contributed by atoms with Crippen molar-refractivity contribution in [3.63, 3.8) is 0 Å². The van der Waals surface area contributed by atoms with E-state index in [2.05, 4.69) is 15.5 Å². The molecule has 4 nitrogen and oxygen atoms in total. The standard InChI is InChI=1S/C9H11Cl2N3O/c10-7-3-6(8(11)14-13-7)12-4-9(5-15)1-2-9/h3,15H,1-2,4-5H2,(H,12,13). The summed E-state index contributed by atoms with van der Waals surface area (Å²) in [4.78, 5) is 0. The van der Waals surface area contributed by atoms with Crippen LogP contribution in [0.15, 0.2) is 6.07 Å². The van der Waals surface area contributed by atoms with Crippen LogP contribution in [0, 0.1) is 5.41 Å². The van der Waals surface area contributed by atoms with Crippen molar-refractivity contribution in [3.8, 4) is 0 Å². The Balaban J connectivity index is 2.01. The zero-order valence-electron chi connectivity index (χ0n) is 8.00. The summed E-state index contributed by atoms with van der Waals surface area (Å²) in [6.07, 6.45) is 2.08. The van der Waals surface area contributed by atoms with Crippen LogP contribution in [0.2, 0.25) is 10.3 Å². The van der Waals surface area contributed by atoms with E-state index < -0.39 is 0 Å². The second kappa shape index (κ2) is 4.12. The number of nitrogens with one attached hydrogen (secondary N) is 1. The van der Waals surface area contributed by atoms with E-state index in [9.17, 15) is 0 Å². The first kappa shape index (κ1) is 10.9. The van der Waals surface area contributed by atoms with Gasteiger partial charge in [0.25, 0.3) is 0 Å². The third-order valence-electron chi connectivity index (χ3n) is 2.67. The van der Waals surface area contributed by atoms with Gasteiger partial charge in [0.1, 0.15) is 0 Å². The largest absolute Gasteiger partial charge is 0.396 e. The Morgan fingerprint density at radius 2 is 2.13 bits per heavy atom. The fourth-order valence-corrected chi connectivity index (χ4v) is 1.63. The van der Waals surface area contributed by atoms with Crippen molar-refractivity contribution in [2.45, 2.75) is 12.8 Å². The molecule has 1 aliphatic carbocycles. The van der Waals surface area contributed by atoms with E-state index in [1.54, 1.807) is 6.07 Å². The van der Waals surface area contributed by atoms with Gasteiger partial charge in [-0.05, 0) is 12.8 Å². The lowest BCUT2D eigenvalue weighted by molar-refractivity contribution is 0.220. The van der Waals surface area contributed by atoms with Crippen molar-refractivity contribution >= 4 is 28.9 Å². The van der Waals surface area contributed by atoms with Crippen LogP contribution in [0.4, 0.5) is 5.69 Å². The van der Waals surface area contributed by atoms with Crippen LogP contribution >= 0.6 is 23.2 Å². The van der Waals surface area contributed by atoms with E-state index in [0.29, 0.717) is 22.5 Å². The summed E-state index contributed by atoms with van der Waals surface area (Å²) >= 11 is 11.5. The van der Waals surface area contributed by atoms with E-state index >= 15 is 0 Å². The highest BCUT2D eigenvalue weighted by Crippen LogP contribution is 2.45. The molecular formula is C9H11Cl2N3O. The Morgan fingerprint density at radius 1 is 1.40 bits per heavy atom. The number of hydrogen-bond donors (Lipinski definition) is 2. The Hall–Kier alpha value is -0.580. The summed E-state index contributed by atoms with van der Waals surface area (Å²) in [6.45, 7) is 0.884. The molecule has 0 amide bonds. The molecule has 0 aliphatic heterocycles. The number of aliphatic hydroxyl groups is 1. The summed E-state index contributed by atoms with van der Waals surface area (Å²) in [5.74, 6) is 0. The molecule has 2 rings (SSSR count). The lowest BCUT2D eigenvalue weighted by atomic mass is 10.1. The Labute approximate surface area is 97.6 Å². The molecule has 0 radical (unpaired) electrons. The molecule has 0 bridgehead atoms. The van der Waals surface area contributed by atoms with Crippen LogP contribution in [-0.2, 0) is 0 Å². The normalized spacial score (nSPS) is 17.5. The monoisotopic (exact) mass is 247 g/mol. The van der Waals surface area contributed by atoms with E-state index in [1.807, 2.05) is 0 Å². The van der Waals surface area contributed by atoms with Crippen LogP contribution < -0.4 is 5.32 Å². The number of nitrogens with zero attached hydrogens (tertiary/aromatic N) is 2. The first-order chi connectivity index (χ1) is 7.15. The van der Waals surface area contributed by atoms with Crippen LogP contribution in [0.5, 0.6) is 0 Å². The second-order valence-electron chi connectivity index (χ2n) is 3.88. The fourth-order valence-electron chi connectivity index (χ4n) is 1.33. The lowest BCUT2D eigenvalue weighted by Crippen LogP contribution is -2.19. The Morgan fingerprint density at radius 3 is 2.73 bits per heavy atom. The van der Waals surface area contributed by atoms with Crippen LogP contribution in [0.3, 0.4) is 0 Å². The molecule has 1 saturated carbocycles. The summed E-state index contributed by atoms with van der Waals surface area (Å²) in [7, 11) is 0. The highest BCUT2D eigenvalue weighted by Gasteiger charge is 2.41. The maximum atomic E-state index is 9.13. The van der Waals surface area contributed by atoms with E-state index in [0.717, 1.165) is 12.8 Å². The average Bonchev–Trinajstić information content (AvgIpc) is 3.00. The van der Waals surface area contributed by atoms with Gasteiger partial charge in [0.15, 0.2) is 10.3 Å². The van der Waals surface area contributed by atoms with E-state index in [4.69, 9.17) is 28.3 Å². The lowest BCUT2D eigenvalue weighted by Gasteiger charge is -2.14. The summed E-state index contributed by atoms with van der Waals surface area (Å²) in [5, 5.41) is 20.2. The van der Waals surface area contributed by atoms with Crippen molar-refractivity contribution in [1.29, 1.82) is 0 Å². The minimum Gasteiger partial charge on any atom is -0.396 e. The SMILES string of the molecule is OCC1(CNc2cc(Cl)nnc2Cl)CC1. The molecule has 0 atom stereocenters. The first-order valence-electron chi connectivity index (χ1n) is 4.69. The second-order valence-corrected chi connectivity index (χ2v) is 4.63. The Bertz CT molecular complexity index is 368. The molecule has 0 spiro atoms. The molecule has 15 heavy (non-hydrogen) atoms. The quantitative estimate of drug-likeness (QED) is 0.855. The van der Waals surface area contributed by atoms with Gasteiger partial charge in [-0.15, -0.1) is 10.2 Å². The predicted molar refractivity (Wildman–Crippen MR) is 59.3 cm³/mol. The van der Waals surface area contributed by atoms with Gasteiger partial charge in [-0.3, -0.25) is 0 Å². The van der Waals surface area contributed by atoms with Crippen LogP contribution in [0.1, 0.15) is 12.8 Å². The summed E-state index contributed by atoms with van der Waals surface area (Å²) in [5.41, 5.74) is 0.690. The maximum absolute atomic E-state index is 9.13. The molecule has 1 aromatic rings. The van der Waals surface area contributed by atoms with Crippen molar-refractivity contribution < 1.29 is 5.11 Å². The third-order valence-corrected chi connectivity index (χ3v) is 3.13. The molecule has 0 saturated heterocycles. The molecular weight excluding hydrogens is 237 g/mol. The molecule has 2 N–H and O–H groups in total. The van der Waals surface area contributed by atoms with Crippen molar-refractivity contribution in [1.82, 2.24) is 10.2 Å². The van der Waals surface area contributed by atoms with E-state index in [-0.39, 0.29) is 12.0 Å². The molecule has 1 heterocycles. The highest BCUT2D eigenvalue weighted by molar-refractivity contribution is 6.33. The zero-order valence-corrected chi connectivity index (χ0v) is 9.52. The maximum Gasteiger partial charge on any atom is 0.174 e. The zero-order chi connectivity index (χ0) is 10.9. The van der Waals surface area contributed by atoms with Gasteiger partial charge >= 0.3 is 0 Å². The number of anilines is 1. The molecule has 82 valence electrons. The first-order valence-corrected chi connectivity index (χ1v) is 5.44. The van der Waals surface area contributed by atoms with Gasteiger partial charge in [0.05, 0.1) is 12.3 Å². The third kappa shape index (κ3) is 2.51. The van der Waals surface area contributed by atoms with Gasteiger partial charge in [-0.25, -0.2) is 0 Å². The minimum absolute atomic E-state index is 0.0269. The Kier molecular flexibility index (Phi) is 3.00. The number of aliphatic hydroxyl groups excluding tert-OH is 1. The fraction of sp³-hybridized carbons (Fsp3) is 0.556. The number of hydrogen-bond acceptors (Lipinski definition) is 4. The van der Waals surface area contributed by atoms with Crippen LogP contribution in [0.25, 0.3) is 0 Å². The van der Waals surface area contributed by atoms with Crippen molar-refractivity contribution in [3.05, 3.63) is 16.4 Å². The number of halogens is 2. The smallest absolute Gasteiger partial charge is 0.174 e. The van der Waals surface area contributed by atoms with Gasteiger partial charge < -0.3 is 10.4 Å². The molecule has 0 unspecified atom stereocenters. The topological polar surface area (TPSA) is 58.0 Å². The van der Waals surface area contributed by atoms with Gasteiger partial charge in [0.2, 0.25) is 0 Å². The number of rotatable bonds is 4. The minimum atomic E-state index is 0.0269. The van der Waals surface area contributed by atoms with Gasteiger partial charge in [-0.2, -0.15) is 0 Å². The molecule has 6 heteroatoms. The molecule has 1 aliphatic rings. The van der Waals surface area contributed by atoms with Crippen molar-refractivity contribution in [2.75, 3.05) is 18.5 Å². The molecule has 1 aromatic heterocycles. The number of aromatic nitrogens is 2. The van der Waals surface area contributed by atoms with Crippen LogP contribution in [-0.4, -0.2) is 28.5 Å². The van der Waals surface area contributed by atoms with Crippen molar-refractivity contribution in [2.24, 2.45) is 5.41 Å². The summed E-state index contributed by atoms with van der Waals surface area (Å²) in [6, 6.07) is 1.63. The summed E-state index contributed by atoms with van der Waals surface area (Å²) < 4.78 is 0. The van der Waals surface area contributed by atoms with Gasteiger partial charge in [0, 0.05) is 18.0 Å². The van der Waals surface area contributed by atoms with E-state index in [1.165, 1.54) is 0 Å². The molecule has 0 aromatic carbocycles. The average molecular weight is 248 g/mol. The van der Waals surface area contributed by atoms with Gasteiger partial charge in [-0.1, -0.05) is 23.2 Å².